The van der Waals surface area contributed by atoms with Crippen LogP contribution in [0.2, 0.25) is 0 Å². The van der Waals surface area contributed by atoms with Crippen molar-refractivity contribution in [3.63, 3.8) is 0 Å². The topological polar surface area (TPSA) is 93.0 Å². The molecule has 0 spiro atoms. The van der Waals surface area contributed by atoms with Crippen LogP contribution in [0.1, 0.15) is 41.6 Å². The Morgan fingerprint density at radius 3 is 2.29 bits per heavy atom. The van der Waals surface area contributed by atoms with Crippen LogP contribution in [-0.2, 0) is 0 Å². The normalized spacial score (nSPS) is 11.2. The van der Waals surface area contributed by atoms with E-state index in [2.05, 4.69) is 15.0 Å². The molecule has 0 radical (unpaired) electrons. The third kappa shape index (κ3) is 3.10. The van der Waals surface area contributed by atoms with Crippen LogP contribution in [-0.4, -0.2) is 31.8 Å². The van der Waals surface area contributed by atoms with Gasteiger partial charge in [-0.2, -0.15) is 0 Å². The van der Waals surface area contributed by atoms with Gasteiger partial charge in [0, 0.05) is 29.6 Å². The van der Waals surface area contributed by atoms with Crippen LogP contribution in [0.3, 0.4) is 0 Å². The van der Waals surface area contributed by atoms with Crippen LogP contribution in [0.15, 0.2) is 30.7 Å². The molecular formula is C15H15N3O3. The average molecular weight is 285 g/mol. The van der Waals surface area contributed by atoms with Crippen molar-refractivity contribution in [3.05, 3.63) is 42.0 Å². The monoisotopic (exact) mass is 285 g/mol. The predicted octanol–water partition coefficient (Wildman–Crippen LogP) is 2.47. The first-order valence-electron chi connectivity index (χ1n) is 6.36. The second-order valence-electron chi connectivity index (χ2n) is 5.58. The molecular weight excluding hydrogens is 270 g/mol. The van der Waals surface area contributed by atoms with E-state index in [4.69, 9.17) is 0 Å². The summed E-state index contributed by atoms with van der Waals surface area (Å²) in [5, 5.41) is 9.30. The van der Waals surface area contributed by atoms with E-state index in [-0.39, 0.29) is 22.9 Å². The second-order valence-corrected chi connectivity index (χ2v) is 5.58. The number of aromatic nitrogens is 3. The lowest BCUT2D eigenvalue weighted by atomic mass is 9.86. The summed E-state index contributed by atoms with van der Waals surface area (Å²) in [4.78, 5) is 35.7. The predicted molar refractivity (Wildman–Crippen MR) is 76.0 cm³/mol. The van der Waals surface area contributed by atoms with E-state index in [9.17, 15) is 14.7 Å². The van der Waals surface area contributed by atoms with Gasteiger partial charge in [-0.15, -0.1) is 0 Å². The van der Waals surface area contributed by atoms with Gasteiger partial charge in [0.15, 0.2) is 17.3 Å². The Kier molecular flexibility index (Phi) is 3.80. The van der Waals surface area contributed by atoms with Crippen molar-refractivity contribution in [1.82, 2.24) is 15.0 Å². The van der Waals surface area contributed by atoms with E-state index >= 15 is 0 Å². The van der Waals surface area contributed by atoms with E-state index in [0.717, 1.165) is 0 Å². The third-order valence-electron chi connectivity index (χ3n) is 2.86. The Morgan fingerprint density at radius 2 is 1.76 bits per heavy atom. The van der Waals surface area contributed by atoms with Crippen LogP contribution >= 0.6 is 0 Å². The first-order valence-corrected chi connectivity index (χ1v) is 6.36. The van der Waals surface area contributed by atoms with E-state index in [0.29, 0.717) is 5.56 Å². The largest absolute Gasteiger partial charge is 0.476 e. The summed E-state index contributed by atoms with van der Waals surface area (Å²) in [7, 11) is 0. The lowest BCUT2D eigenvalue weighted by Gasteiger charge is -2.17. The lowest BCUT2D eigenvalue weighted by molar-refractivity contribution is 0.0680. The Hall–Kier alpha value is -2.63. The molecule has 0 fully saturated rings. The number of ketones is 1. The molecule has 108 valence electrons. The van der Waals surface area contributed by atoms with Gasteiger partial charge in [-0.3, -0.25) is 9.78 Å². The summed E-state index contributed by atoms with van der Waals surface area (Å²) < 4.78 is 0. The average Bonchev–Trinajstić information content (AvgIpc) is 2.45. The zero-order valence-corrected chi connectivity index (χ0v) is 12.0. The molecule has 0 saturated heterocycles. The maximum atomic E-state index is 12.3. The highest BCUT2D eigenvalue weighted by Gasteiger charge is 2.28. The van der Waals surface area contributed by atoms with Crippen molar-refractivity contribution in [1.29, 1.82) is 0 Å². The van der Waals surface area contributed by atoms with Crippen LogP contribution in [0.4, 0.5) is 0 Å². The fraction of sp³-hybridized carbons (Fsp3) is 0.267. The fourth-order valence-corrected chi connectivity index (χ4v) is 1.76. The molecule has 0 bridgehead atoms. The highest BCUT2D eigenvalue weighted by Crippen LogP contribution is 2.23. The molecule has 2 rings (SSSR count). The number of carboxylic acids is 1. The number of Topliss-reactive ketones (excluding diaryl/α,β-unsaturated/α-hetero) is 1. The highest BCUT2D eigenvalue weighted by molar-refractivity contribution is 6.06. The number of pyridine rings is 1. The van der Waals surface area contributed by atoms with Crippen LogP contribution in [0.25, 0.3) is 11.4 Å². The van der Waals surface area contributed by atoms with Gasteiger partial charge in [-0.05, 0) is 12.1 Å². The van der Waals surface area contributed by atoms with Gasteiger partial charge in [-0.1, -0.05) is 20.8 Å². The summed E-state index contributed by atoms with van der Waals surface area (Å²) in [5.41, 5.74) is -0.321. The van der Waals surface area contributed by atoms with Crippen molar-refractivity contribution in [3.8, 4) is 11.4 Å². The molecule has 21 heavy (non-hydrogen) atoms. The molecule has 0 aliphatic rings. The van der Waals surface area contributed by atoms with Gasteiger partial charge in [0.05, 0.1) is 5.56 Å². The first kappa shape index (κ1) is 14.8. The molecule has 0 atom stereocenters. The van der Waals surface area contributed by atoms with Crippen molar-refractivity contribution in [2.75, 3.05) is 0 Å². The van der Waals surface area contributed by atoms with Crippen LogP contribution < -0.4 is 0 Å². The third-order valence-corrected chi connectivity index (χ3v) is 2.86. The molecule has 6 nitrogen and oxygen atoms in total. The van der Waals surface area contributed by atoms with Gasteiger partial charge in [0.1, 0.15) is 0 Å². The quantitative estimate of drug-likeness (QED) is 0.871. The molecule has 0 aliphatic heterocycles. The summed E-state index contributed by atoms with van der Waals surface area (Å²) >= 11 is 0. The number of hydrogen-bond donors (Lipinski definition) is 1. The zero-order valence-electron chi connectivity index (χ0n) is 12.0. The standard InChI is InChI=1S/C15H15N3O3/c1-15(2,3)12(19)10-8-17-13(18-11(10)14(20)21)9-4-6-16-7-5-9/h4-8H,1-3H3,(H,20,21). The minimum absolute atomic E-state index is 0.0211. The van der Waals surface area contributed by atoms with E-state index in [1.165, 1.54) is 6.20 Å². The van der Waals surface area contributed by atoms with E-state index in [1.807, 2.05) is 0 Å². The molecule has 0 unspecified atom stereocenters. The smallest absolute Gasteiger partial charge is 0.355 e. The number of carbonyl (C=O) groups is 2. The Labute approximate surface area is 121 Å². The Morgan fingerprint density at radius 1 is 1.14 bits per heavy atom. The molecule has 0 aromatic carbocycles. The molecule has 2 aromatic rings. The Bertz CT molecular complexity index is 691. The maximum absolute atomic E-state index is 12.3. The number of nitrogens with zero attached hydrogens (tertiary/aromatic N) is 3. The minimum Gasteiger partial charge on any atom is -0.476 e. The van der Waals surface area contributed by atoms with E-state index < -0.39 is 11.4 Å². The van der Waals surface area contributed by atoms with E-state index in [1.54, 1.807) is 45.3 Å². The Balaban J connectivity index is 2.56. The molecule has 1 N–H and O–H groups in total. The molecule has 2 heterocycles. The second kappa shape index (κ2) is 5.40. The zero-order chi connectivity index (χ0) is 15.6. The van der Waals surface area contributed by atoms with Gasteiger partial charge in [-0.25, -0.2) is 14.8 Å². The van der Waals surface area contributed by atoms with Crippen molar-refractivity contribution in [2.45, 2.75) is 20.8 Å². The number of rotatable bonds is 3. The highest BCUT2D eigenvalue weighted by atomic mass is 16.4. The number of carbonyl (C=O) groups excluding carboxylic acids is 1. The molecule has 0 amide bonds. The van der Waals surface area contributed by atoms with Crippen LogP contribution in [0.5, 0.6) is 0 Å². The van der Waals surface area contributed by atoms with Crippen molar-refractivity contribution < 1.29 is 14.7 Å². The molecule has 2 aromatic heterocycles. The summed E-state index contributed by atoms with van der Waals surface area (Å²) in [6, 6.07) is 3.35. The minimum atomic E-state index is -1.25. The first-order chi connectivity index (χ1) is 9.80. The summed E-state index contributed by atoms with van der Waals surface area (Å²) in [5.74, 6) is -1.30. The van der Waals surface area contributed by atoms with Gasteiger partial charge < -0.3 is 5.11 Å². The van der Waals surface area contributed by atoms with Crippen molar-refractivity contribution in [2.24, 2.45) is 5.41 Å². The maximum Gasteiger partial charge on any atom is 0.355 e. The fourth-order valence-electron chi connectivity index (χ4n) is 1.76. The molecule has 0 saturated carbocycles. The van der Waals surface area contributed by atoms with Gasteiger partial charge in [0.2, 0.25) is 0 Å². The lowest BCUT2D eigenvalue weighted by Crippen LogP contribution is -2.24. The number of carboxylic acid groups (broad SMARTS) is 1. The number of aromatic carboxylic acids is 1. The van der Waals surface area contributed by atoms with Crippen LogP contribution in [0, 0.1) is 5.41 Å². The SMILES string of the molecule is CC(C)(C)C(=O)c1cnc(-c2ccncc2)nc1C(=O)O. The van der Waals surface area contributed by atoms with Crippen molar-refractivity contribution >= 4 is 11.8 Å². The summed E-state index contributed by atoms with van der Waals surface area (Å²) in [6.07, 6.45) is 4.40. The molecule has 0 aliphatic carbocycles. The van der Waals surface area contributed by atoms with Gasteiger partial charge >= 0.3 is 5.97 Å². The molecule has 6 heteroatoms. The van der Waals surface area contributed by atoms with Gasteiger partial charge in [0.25, 0.3) is 0 Å². The number of hydrogen-bond acceptors (Lipinski definition) is 5. The summed E-state index contributed by atoms with van der Waals surface area (Å²) in [6.45, 7) is 5.16.